The van der Waals surface area contributed by atoms with Crippen LogP contribution in [0.2, 0.25) is 0 Å². The second-order valence-electron chi connectivity index (χ2n) is 13.4. The Kier molecular flexibility index (Phi) is 11.3. The number of methoxy groups -OCH3 is 1. The highest BCUT2D eigenvalue weighted by atomic mass is 35.5. The van der Waals surface area contributed by atoms with Crippen molar-refractivity contribution in [3.8, 4) is 28.5 Å². The average molecular weight is 769 g/mol. The van der Waals surface area contributed by atoms with Gasteiger partial charge in [0.25, 0.3) is 15.9 Å². The molecule has 7 rings (SSSR count). The standard InChI is InChI=1S/C41H40N4O7S.ClH/c1-3-28-24-41(28,40(47)45-53(48,49)32-16-10-15-30(19-32)51-25-26-11-6-4-7-12-26)44-39(46)34-20-31(21-35(34)42)52-38-23-36(27-13-8-5-9-14-27)43-37-22-29(50-2)17-18-33(37)38;/h3-19,22-23,28,31,34-35H,1,20-21,24-25,42H2,2H3,(H,44,46)(H,45,47);1H/t28-,31-,34-,35+,41-;/m1./s1. The predicted molar refractivity (Wildman–Crippen MR) is 208 cm³/mol. The van der Waals surface area contributed by atoms with Crippen molar-refractivity contribution in [2.45, 2.75) is 48.4 Å². The Bertz CT molecular complexity index is 2280. The van der Waals surface area contributed by atoms with Crippen molar-refractivity contribution < 1.29 is 32.2 Å². The zero-order valence-corrected chi connectivity index (χ0v) is 31.1. The maximum absolute atomic E-state index is 13.8. The molecule has 0 spiro atoms. The number of sulfonamides is 1. The van der Waals surface area contributed by atoms with Crippen LogP contribution in [-0.4, -0.2) is 50.0 Å². The number of carbonyl (C=O) groups is 2. The van der Waals surface area contributed by atoms with Crippen molar-refractivity contribution in [3.05, 3.63) is 127 Å². The highest BCUT2D eigenvalue weighted by Crippen LogP contribution is 2.46. The summed E-state index contributed by atoms with van der Waals surface area (Å²) in [6.07, 6.45) is 2.00. The molecule has 0 unspecified atom stereocenters. The van der Waals surface area contributed by atoms with Crippen LogP contribution in [0.5, 0.6) is 17.2 Å². The van der Waals surface area contributed by atoms with E-state index in [1.54, 1.807) is 19.3 Å². The Balaban J connectivity index is 0.00000497. The van der Waals surface area contributed by atoms with Gasteiger partial charge in [0.2, 0.25) is 5.91 Å². The summed E-state index contributed by atoms with van der Waals surface area (Å²) in [7, 11) is -2.72. The molecule has 2 aliphatic carbocycles. The van der Waals surface area contributed by atoms with Gasteiger partial charge in [0.05, 0.1) is 29.1 Å². The minimum absolute atomic E-state index is 0. The number of halogens is 1. The average Bonchev–Trinajstić information content (AvgIpc) is 3.77. The Morgan fingerprint density at radius 1 is 0.944 bits per heavy atom. The predicted octanol–water partition coefficient (Wildman–Crippen LogP) is 5.96. The lowest BCUT2D eigenvalue weighted by Crippen LogP contribution is -2.54. The Hall–Kier alpha value is -5.43. The Labute approximate surface area is 320 Å². The van der Waals surface area contributed by atoms with Crippen LogP contribution in [-0.2, 0) is 26.2 Å². The van der Waals surface area contributed by atoms with Crippen LogP contribution < -0.4 is 30.0 Å². The van der Waals surface area contributed by atoms with E-state index in [2.05, 4.69) is 16.6 Å². The van der Waals surface area contributed by atoms with Crippen LogP contribution in [0.3, 0.4) is 0 Å². The van der Waals surface area contributed by atoms with E-state index in [0.717, 1.165) is 22.2 Å². The quantitative estimate of drug-likeness (QED) is 0.123. The summed E-state index contributed by atoms with van der Waals surface area (Å²) in [5.41, 5.74) is 8.29. The van der Waals surface area contributed by atoms with E-state index in [0.29, 0.717) is 29.2 Å². The molecule has 0 saturated heterocycles. The van der Waals surface area contributed by atoms with Crippen molar-refractivity contribution in [2.24, 2.45) is 17.6 Å². The van der Waals surface area contributed by atoms with Crippen LogP contribution in [0, 0.1) is 11.8 Å². The second kappa shape index (κ2) is 15.9. The van der Waals surface area contributed by atoms with Gasteiger partial charge in [-0.05, 0) is 42.7 Å². The van der Waals surface area contributed by atoms with Gasteiger partial charge in [0.15, 0.2) is 0 Å². The first-order valence-corrected chi connectivity index (χ1v) is 18.8. The third kappa shape index (κ3) is 8.06. The summed E-state index contributed by atoms with van der Waals surface area (Å²) < 4.78 is 46.8. The fourth-order valence-electron chi connectivity index (χ4n) is 6.85. The number of nitrogens with two attached hydrogens (primary N) is 1. The molecule has 2 amide bonds. The zero-order chi connectivity index (χ0) is 37.2. The number of pyridine rings is 1. The number of carbonyl (C=O) groups excluding carboxylic acids is 2. The topological polar surface area (TPSA) is 159 Å². The molecule has 2 fully saturated rings. The van der Waals surface area contributed by atoms with Gasteiger partial charge in [0.1, 0.15) is 35.5 Å². The smallest absolute Gasteiger partial charge is 0.264 e. The molecule has 5 aromatic rings. The van der Waals surface area contributed by atoms with Crippen molar-refractivity contribution >= 4 is 45.1 Å². The van der Waals surface area contributed by atoms with Crippen LogP contribution in [0.1, 0.15) is 24.8 Å². The molecule has 54 heavy (non-hydrogen) atoms. The van der Waals surface area contributed by atoms with Crippen molar-refractivity contribution in [1.82, 2.24) is 15.0 Å². The number of hydrogen-bond donors (Lipinski definition) is 3. The van der Waals surface area contributed by atoms with Gasteiger partial charge < -0.3 is 25.3 Å². The molecule has 0 aliphatic heterocycles. The van der Waals surface area contributed by atoms with Gasteiger partial charge >= 0.3 is 0 Å². The Morgan fingerprint density at radius 2 is 1.69 bits per heavy atom. The van der Waals surface area contributed by atoms with Crippen molar-refractivity contribution in [3.63, 3.8) is 0 Å². The lowest BCUT2D eigenvalue weighted by atomic mass is 10.0. The number of nitrogens with zero attached hydrogens (tertiary/aromatic N) is 1. The number of ether oxygens (including phenoxy) is 3. The first kappa shape index (κ1) is 38.3. The number of amides is 2. The van der Waals surface area contributed by atoms with E-state index in [1.165, 1.54) is 18.2 Å². The molecule has 5 atom stereocenters. The molecule has 4 aromatic carbocycles. The third-order valence-electron chi connectivity index (χ3n) is 9.89. The fraction of sp³-hybridized carbons (Fsp3) is 0.244. The highest BCUT2D eigenvalue weighted by Gasteiger charge is 2.61. The minimum atomic E-state index is -4.32. The maximum Gasteiger partial charge on any atom is 0.264 e. The number of hydrogen-bond acceptors (Lipinski definition) is 9. The molecule has 13 heteroatoms. The summed E-state index contributed by atoms with van der Waals surface area (Å²) in [5, 5.41) is 3.63. The SMILES string of the molecule is C=C[C@@H]1C[C@]1(NC(=O)[C@@H]1C[C@@H](Oc2cc(-c3ccccc3)nc3cc(OC)ccc23)C[C@@H]1N)C(=O)NS(=O)(=O)c1cccc(OCc2ccccc2)c1.Cl. The lowest BCUT2D eigenvalue weighted by molar-refractivity contribution is -0.131. The summed E-state index contributed by atoms with van der Waals surface area (Å²) >= 11 is 0. The molecule has 4 N–H and O–H groups in total. The first-order chi connectivity index (χ1) is 25.6. The van der Waals surface area contributed by atoms with Gasteiger partial charge in [-0.1, -0.05) is 72.8 Å². The van der Waals surface area contributed by atoms with E-state index >= 15 is 0 Å². The molecule has 1 heterocycles. The van der Waals surface area contributed by atoms with E-state index in [9.17, 15) is 18.0 Å². The Morgan fingerprint density at radius 3 is 2.39 bits per heavy atom. The van der Waals surface area contributed by atoms with Crippen LogP contribution in [0.15, 0.2) is 127 Å². The maximum atomic E-state index is 13.8. The first-order valence-electron chi connectivity index (χ1n) is 17.3. The lowest BCUT2D eigenvalue weighted by Gasteiger charge is -2.22. The van der Waals surface area contributed by atoms with E-state index in [1.807, 2.05) is 84.9 Å². The number of nitrogens with one attached hydrogen (secondary N) is 2. The highest BCUT2D eigenvalue weighted by molar-refractivity contribution is 7.90. The summed E-state index contributed by atoms with van der Waals surface area (Å²) in [5.74, 6) is -0.879. The number of rotatable bonds is 13. The summed E-state index contributed by atoms with van der Waals surface area (Å²) in [6.45, 7) is 4.04. The molecule has 1 aromatic heterocycles. The fourth-order valence-corrected chi connectivity index (χ4v) is 7.92. The van der Waals surface area contributed by atoms with Crippen LogP contribution >= 0.6 is 12.4 Å². The molecular weight excluding hydrogens is 728 g/mol. The number of benzene rings is 4. The van der Waals surface area contributed by atoms with Crippen LogP contribution in [0.4, 0.5) is 0 Å². The molecule has 2 aliphatic rings. The molecule has 11 nitrogen and oxygen atoms in total. The second-order valence-corrected chi connectivity index (χ2v) is 15.1. The largest absolute Gasteiger partial charge is 0.497 e. The zero-order valence-electron chi connectivity index (χ0n) is 29.5. The van der Waals surface area contributed by atoms with Gasteiger partial charge in [-0.3, -0.25) is 9.59 Å². The van der Waals surface area contributed by atoms with Crippen molar-refractivity contribution in [1.29, 1.82) is 0 Å². The van der Waals surface area contributed by atoms with Gasteiger partial charge in [-0.2, -0.15) is 0 Å². The minimum Gasteiger partial charge on any atom is -0.497 e. The van der Waals surface area contributed by atoms with Gasteiger partial charge in [-0.25, -0.2) is 18.1 Å². The molecule has 0 bridgehead atoms. The summed E-state index contributed by atoms with van der Waals surface area (Å²) in [4.78, 5) is 32.2. The van der Waals surface area contributed by atoms with E-state index in [4.69, 9.17) is 24.9 Å². The van der Waals surface area contributed by atoms with E-state index in [-0.39, 0.29) is 36.8 Å². The molecule has 0 radical (unpaired) electrons. The molecule has 2 saturated carbocycles. The van der Waals surface area contributed by atoms with E-state index < -0.39 is 51.4 Å². The summed E-state index contributed by atoms with van der Waals surface area (Å²) in [6, 6.07) is 32.0. The van der Waals surface area contributed by atoms with Gasteiger partial charge in [-0.15, -0.1) is 19.0 Å². The van der Waals surface area contributed by atoms with Gasteiger partial charge in [0, 0.05) is 47.5 Å². The van der Waals surface area contributed by atoms with Crippen molar-refractivity contribution in [2.75, 3.05) is 7.11 Å². The molecular formula is C41H41ClN4O7S. The monoisotopic (exact) mass is 768 g/mol. The normalized spacial score (nSPS) is 21.7. The third-order valence-corrected chi connectivity index (χ3v) is 11.2. The molecule has 280 valence electrons. The van der Waals surface area contributed by atoms with Crippen LogP contribution in [0.25, 0.3) is 22.2 Å². The number of fused-ring (bicyclic) bond motifs is 1. The number of aromatic nitrogens is 1.